The number of nitrogens with one attached hydrogen (secondary N) is 1. The Labute approximate surface area is 119 Å². The number of hydrazone groups is 1. The van der Waals surface area contributed by atoms with Crippen LogP contribution in [0.25, 0.3) is 0 Å². The highest BCUT2D eigenvalue weighted by atomic mass is 16.5. The molecule has 0 aliphatic heterocycles. The van der Waals surface area contributed by atoms with Gasteiger partial charge >= 0.3 is 0 Å². The van der Waals surface area contributed by atoms with Crippen LogP contribution in [0.15, 0.2) is 53.6 Å². The lowest BCUT2D eigenvalue weighted by molar-refractivity contribution is 0.311. The second kappa shape index (κ2) is 7.19. The van der Waals surface area contributed by atoms with Gasteiger partial charge in [-0.3, -0.25) is 5.43 Å². The van der Waals surface area contributed by atoms with Crippen LogP contribution in [-0.2, 0) is 0 Å². The van der Waals surface area contributed by atoms with Gasteiger partial charge in [-0.25, -0.2) is 0 Å². The van der Waals surface area contributed by atoms with Crippen molar-refractivity contribution in [2.24, 2.45) is 5.10 Å². The van der Waals surface area contributed by atoms with Crippen molar-refractivity contribution in [1.82, 2.24) is 0 Å². The van der Waals surface area contributed by atoms with Gasteiger partial charge in [-0.05, 0) is 42.8 Å². The van der Waals surface area contributed by atoms with Gasteiger partial charge in [0.1, 0.15) is 0 Å². The molecule has 0 aliphatic carbocycles. The Morgan fingerprint density at radius 3 is 2.60 bits per heavy atom. The maximum absolute atomic E-state index is 5.53. The molecular weight excluding hydrogens is 252 g/mol. The monoisotopic (exact) mass is 270 g/mol. The van der Waals surface area contributed by atoms with Crippen LogP contribution in [0.3, 0.4) is 0 Å². The Bertz CT molecular complexity index is 568. The van der Waals surface area contributed by atoms with Gasteiger partial charge in [0.25, 0.3) is 0 Å². The summed E-state index contributed by atoms with van der Waals surface area (Å²) in [7, 11) is 1.63. The molecule has 0 saturated heterocycles. The van der Waals surface area contributed by atoms with Crippen molar-refractivity contribution in [3.8, 4) is 11.5 Å². The highest BCUT2D eigenvalue weighted by Gasteiger charge is 2.03. The smallest absolute Gasteiger partial charge is 0.161 e. The van der Waals surface area contributed by atoms with Crippen LogP contribution in [-0.4, -0.2) is 19.9 Å². The topological polar surface area (TPSA) is 42.8 Å². The zero-order chi connectivity index (χ0) is 14.2. The number of methoxy groups -OCH3 is 1. The van der Waals surface area contributed by atoms with E-state index in [4.69, 9.17) is 9.47 Å². The third-order valence-electron chi connectivity index (χ3n) is 2.67. The van der Waals surface area contributed by atoms with Crippen LogP contribution in [0.4, 0.5) is 5.69 Å². The molecule has 2 aromatic carbocycles. The predicted molar refractivity (Wildman–Crippen MR) is 81.8 cm³/mol. The standard InChI is InChI=1S/C16H18N2O2/c1-3-20-16-11-13(9-10-15(16)19-2)12-17-18-14-7-5-4-6-8-14/h4-12,18H,3H2,1-2H3/b17-12+. The van der Waals surface area contributed by atoms with Crippen molar-refractivity contribution in [3.05, 3.63) is 54.1 Å². The molecule has 0 atom stereocenters. The molecule has 20 heavy (non-hydrogen) atoms. The van der Waals surface area contributed by atoms with Crippen molar-refractivity contribution in [2.45, 2.75) is 6.92 Å². The summed E-state index contributed by atoms with van der Waals surface area (Å²) in [6.45, 7) is 2.54. The summed E-state index contributed by atoms with van der Waals surface area (Å²) in [6.07, 6.45) is 1.74. The molecule has 0 spiro atoms. The van der Waals surface area contributed by atoms with Gasteiger partial charge in [0.2, 0.25) is 0 Å². The maximum Gasteiger partial charge on any atom is 0.161 e. The first-order chi connectivity index (χ1) is 9.83. The lowest BCUT2D eigenvalue weighted by atomic mass is 10.2. The van der Waals surface area contributed by atoms with Crippen molar-refractivity contribution >= 4 is 11.9 Å². The SMILES string of the molecule is CCOc1cc(/C=N/Nc2ccccc2)ccc1OC. The molecule has 0 aliphatic rings. The molecule has 0 unspecified atom stereocenters. The number of rotatable bonds is 6. The molecule has 4 nitrogen and oxygen atoms in total. The fourth-order valence-electron chi connectivity index (χ4n) is 1.74. The number of para-hydroxylation sites is 1. The zero-order valence-corrected chi connectivity index (χ0v) is 11.7. The minimum absolute atomic E-state index is 0.596. The van der Waals surface area contributed by atoms with Gasteiger partial charge in [-0.1, -0.05) is 18.2 Å². The van der Waals surface area contributed by atoms with E-state index in [1.54, 1.807) is 13.3 Å². The Morgan fingerprint density at radius 2 is 1.90 bits per heavy atom. The molecule has 104 valence electrons. The molecule has 0 heterocycles. The summed E-state index contributed by atoms with van der Waals surface area (Å²) in [5, 5.41) is 4.20. The highest BCUT2D eigenvalue weighted by molar-refractivity contribution is 5.81. The number of nitrogens with zero attached hydrogens (tertiary/aromatic N) is 1. The summed E-state index contributed by atoms with van der Waals surface area (Å²) in [5.41, 5.74) is 4.86. The molecule has 2 aromatic rings. The third-order valence-corrected chi connectivity index (χ3v) is 2.67. The van der Waals surface area contributed by atoms with Crippen LogP contribution < -0.4 is 14.9 Å². The van der Waals surface area contributed by atoms with Gasteiger partial charge in [-0.15, -0.1) is 0 Å². The Morgan fingerprint density at radius 1 is 1.10 bits per heavy atom. The fourth-order valence-corrected chi connectivity index (χ4v) is 1.74. The summed E-state index contributed by atoms with van der Waals surface area (Å²) in [5.74, 6) is 1.44. The van der Waals surface area contributed by atoms with Gasteiger partial charge < -0.3 is 9.47 Å². The molecule has 0 amide bonds. The van der Waals surface area contributed by atoms with E-state index in [9.17, 15) is 0 Å². The van der Waals surface area contributed by atoms with Crippen LogP contribution in [0, 0.1) is 0 Å². The number of benzene rings is 2. The van der Waals surface area contributed by atoms with Crippen LogP contribution >= 0.6 is 0 Å². The predicted octanol–water partition coefficient (Wildman–Crippen LogP) is 3.54. The molecule has 2 rings (SSSR count). The van der Waals surface area contributed by atoms with Crippen molar-refractivity contribution in [2.75, 3.05) is 19.1 Å². The van der Waals surface area contributed by atoms with Crippen LogP contribution in [0.5, 0.6) is 11.5 Å². The molecule has 0 radical (unpaired) electrons. The van der Waals surface area contributed by atoms with Crippen molar-refractivity contribution in [1.29, 1.82) is 0 Å². The lowest BCUT2D eigenvalue weighted by Crippen LogP contribution is -1.97. The van der Waals surface area contributed by atoms with E-state index >= 15 is 0 Å². The molecule has 4 heteroatoms. The summed E-state index contributed by atoms with van der Waals surface area (Å²) in [4.78, 5) is 0. The molecule has 0 aromatic heterocycles. The summed E-state index contributed by atoms with van der Waals surface area (Å²) in [6, 6.07) is 15.5. The minimum atomic E-state index is 0.596. The highest BCUT2D eigenvalue weighted by Crippen LogP contribution is 2.27. The van der Waals surface area contributed by atoms with Crippen LogP contribution in [0.1, 0.15) is 12.5 Å². The van der Waals surface area contributed by atoms with E-state index in [0.29, 0.717) is 6.61 Å². The van der Waals surface area contributed by atoms with Crippen LogP contribution in [0.2, 0.25) is 0 Å². The first-order valence-corrected chi connectivity index (χ1v) is 6.48. The van der Waals surface area contributed by atoms with Gasteiger partial charge in [0.05, 0.1) is 25.6 Å². The fraction of sp³-hybridized carbons (Fsp3) is 0.188. The first kappa shape index (κ1) is 13.9. The van der Waals surface area contributed by atoms with Crippen molar-refractivity contribution < 1.29 is 9.47 Å². The zero-order valence-electron chi connectivity index (χ0n) is 11.7. The minimum Gasteiger partial charge on any atom is -0.493 e. The molecule has 0 saturated carbocycles. The normalized spacial score (nSPS) is 10.5. The maximum atomic E-state index is 5.53. The number of anilines is 1. The van der Waals surface area contributed by atoms with Crippen molar-refractivity contribution in [3.63, 3.8) is 0 Å². The second-order valence-corrected chi connectivity index (χ2v) is 4.08. The van der Waals surface area contributed by atoms with E-state index in [1.807, 2.05) is 55.5 Å². The second-order valence-electron chi connectivity index (χ2n) is 4.08. The average molecular weight is 270 g/mol. The van der Waals surface area contributed by atoms with E-state index in [-0.39, 0.29) is 0 Å². The van der Waals surface area contributed by atoms with Gasteiger partial charge in [0, 0.05) is 0 Å². The quantitative estimate of drug-likeness (QED) is 0.645. The number of ether oxygens (including phenoxy) is 2. The molecular formula is C16H18N2O2. The van der Waals surface area contributed by atoms with Gasteiger partial charge in [-0.2, -0.15) is 5.10 Å². The average Bonchev–Trinajstić information content (AvgIpc) is 2.49. The summed E-state index contributed by atoms with van der Waals surface area (Å²) >= 11 is 0. The summed E-state index contributed by atoms with van der Waals surface area (Å²) < 4.78 is 10.8. The van der Waals surface area contributed by atoms with E-state index in [0.717, 1.165) is 22.7 Å². The largest absolute Gasteiger partial charge is 0.493 e. The third kappa shape index (κ3) is 3.75. The van der Waals surface area contributed by atoms with E-state index in [1.165, 1.54) is 0 Å². The lowest BCUT2D eigenvalue weighted by Gasteiger charge is -2.09. The van der Waals surface area contributed by atoms with E-state index in [2.05, 4.69) is 10.5 Å². The van der Waals surface area contributed by atoms with E-state index < -0.39 is 0 Å². The number of hydrogen-bond donors (Lipinski definition) is 1. The first-order valence-electron chi connectivity index (χ1n) is 6.48. The molecule has 0 bridgehead atoms. The number of hydrogen-bond acceptors (Lipinski definition) is 4. The Balaban J connectivity index is 2.07. The Hall–Kier alpha value is -2.49. The molecule has 1 N–H and O–H groups in total. The van der Waals surface area contributed by atoms with Gasteiger partial charge in [0.15, 0.2) is 11.5 Å². The Kier molecular flexibility index (Phi) is 5.00. The molecule has 0 fully saturated rings.